The highest BCUT2D eigenvalue weighted by atomic mass is 127. The first-order valence-corrected chi connectivity index (χ1v) is 10.3. The normalized spacial score (nSPS) is 11.5. The number of aromatic nitrogens is 3. The van der Waals surface area contributed by atoms with Gasteiger partial charge in [-0.2, -0.15) is 0 Å². The molecule has 0 aromatic carbocycles. The van der Waals surface area contributed by atoms with Crippen LogP contribution in [0.15, 0.2) is 33.0 Å². The summed E-state index contributed by atoms with van der Waals surface area (Å²) in [6.07, 6.45) is 6.46. The highest BCUT2D eigenvalue weighted by Gasteiger charge is 2.12. The van der Waals surface area contributed by atoms with Gasteiger partial charge < -0.3 is 19.6 Å². The van der Waals surface area contributed by atoms with E-state index in [1.807, 2.05) is 18.4 Å². The molecule has 0 fully saturated rings. The Bertz CT molecular complexity index is 671. The molecule has 2 heterocycles. The van der Waals surface area contributed by atoms with E-state index in [1.165, 1.54) is 0 Å². The van der Waals surface area contributed by atoms with Crippen molar-refractivity contribution in [3.8, 4) is 0 Å². The molecular formula is C18H31IN6OS. The lowest BCUT2D eigenvalue weighted by Gasteiger charge is -2.13. The van der Waals surface area contributed by atoms with Crippen molar-refractivity contribution in [2.45, 2.75) is 44.8 Å². The number of nitrogens with one attached hydrogen (secondary N) is 2. The predicted molar refractivity (Wildman–Crippen MR) is 122 cm³/mol. The van der Waals surface area contributed by atoms with E-state index in [0.717, 1.165) is 61.6 Å². The molecule has 0 bridgehead atoms. The highest BCUT2D eigenvalue weighted by molar-refractivity contribution is 14.0. The number of halogens is 1. The quantitative estimate of drug-likeness (QED) is 0.169. The standard InChI is InChI=1S/C18H30N6OS.HI/c1-14(2)13-24-16(22-23-18(24)26-4)8-5-10-20-17(19-3)21-11-9-15-7-6-12-25-15;/h6-7,12,14H,5,8-11,13H2,1-4H3,(H2,19,20,21);1H. The molecule has 0 saturated carbocycles. The number of nitrogens with zero attached hydrogens (tertiary/aromatic N) is 4. The van der Waals surface area contributed by atoms with Gasteiger partial charge in [-0.05, 0) is 30.7 Å². The van der Waals surface area contributed by atoms with Crippen molar-refractivity contribution < 1.29 is 4.42 Å². The average Bonchev–Trinajstić information content (AvgIpc) is 3.26. The molecule has 0 atom stereocenters. The van der Waals surface area contributed by atoms with Crippen LogP contribution in [0.3, 0.4) is 0 Å². The summed E-state index contributed by atoms with van der Waals surface area (Å²) >= 11 is 1.65. The summed E-state index contributed by atoms with van der Waals surface area (Å²) in [5, 5.41) is 16.3. The maximum atomic E-state index is 5.33. The van der Waals surface area contributed by atoms with Gasteiger partial charge in [0, 0.05) is 39.5 Å². The molecule has 7 nitrogen and oxygen atoms in total. The van der Waals surface area contributed by atoms with Crippen LogP contribution in [0, 0.1) is 5.92 Å². The van der Waals surface area contributed by atoms with Gasteiger partial charge in [-0.3, -0.25) is 4.99 Å². The third kappa shape index (κ3) is 8.12. The summed E-state index contributed by atoms with van der Waals surface area (Å²) in [5.74, 6) is 3.42. The maximum Gasteiger partial charge on any atom is 0.190 e. The molecule has 152 valence electrons. The number of aliphatic imine (C=N–C) groups is 1. The first-order chi connectivity index (χ1) is 12.6. The van der Waals surface area contributed by atoms with E-state index < -0.39 is 0 Å². The molecule has 2 rings (SSSR count). The van der Waals surface area contributed by atoms with Crippen molar-refractivity contribution in [2.75, 3.05) is 26.4 Å². The Morgan fingerprint density at radius 1 is 1.26 bits per heavy atom. The first kappa shape index (κ1) is 23.8. The maximum absolute atomic E-state index is 5.33. The molecular weight excluding hydrogens is 475 g/mol. The van der Waals surface area contributed by atoms with Crippen molar-refractivity contribution in [1.29, 1.82) is 0 Å². The van der Waals surface area contributed by atoms with E-state index in [-0.39, 0.29) is 24.0 Å². The highest BCUT2D eigenvalue weighted by Crippen LogP contribution is 2.16. The number of aryl methyl sites for hydroxylation is 1. The van der Waals surface area contributed by atoms with E-state index in [9.17, 15) is 0 Å². The first-order valence-electron chi connectivity index (χ1n) is 9.07. The van der Waals surface area contributed by atoms with Crippen LogP contribution in [-0.2, 0) is 19.4 Å². The van der Waals surface area contributed by atoms with Gasteiger partial charge in [0.25, 0.3) is 0 Å². The topological polar surface area (TPSA) is 80.3 Å². The summed E-state index contributed by atoms with van der Waals surface area (Å²) in [6, 6.07) is 3.89. The molecule has 2 aromatic rings. The molecule has 0 aliphatic rings. The van der Waals surface area contributed by atoms with Gasteiger partial charge in [0.1, 0.15) is 11.6 Å². The van der Waals surface area contributed by atoms with E-state index in [1.54, 1.807) is 25.1 Å². The van der Waals surface area contributed by atoms with Crippen molar-refractivity contribution in [2.24, 2.45) is 10.9 Å². The zero-order valence-corrected chi connectivity index (χ0v) is 19.7. The minimum absolute atomic E-state index is 0. The summed E-state index contributed by atoms with van der Waals surface area (Å²) in [7, 11) is 1.78. The molecule has 0 amide bonds. The molecule has 0 spiro atoms. The monoisotopic (exact) mass is 506 g/mol. The fraction of sp³-hybridized carbons (Fsp3) is 0.611. The Hall–Kier alpha value is -1.23. The second-order valence-corrected chi connectivity index (χ2v) is 7.24. The van der Waals surface area contributed by atoms with Crippen LogP contribution in [0.1, 0.15) is 31.9 Å². The second-order valence-electron chi connectivity index (χ2n) is 6.47. The van der Waals surface area contributed by atoms with Crippen molar-refractivity contribution in [1.82, 2.24) is 25.4 Å². The zero-order valence-electron chi connectivity index (χ0n) is 16.6. The van der Waals surface area contributed by atoms with Crippen molar-refractivity contribution in [3.63, 3.8) is 0 Å². The molecule has 27 heavy (non-hydrogen) atoms. The van der Waals surface area contributed by atoms with Crippen LogP contribution in [0.25, 0.3) is 0 Å². The Kier molecular flexibility index (Phi) is 11.5. The summed E-state index contributed by atoms with van der Waals surface area (Å²) in [5.41, 5.74) is 0. The van der Waals surface area contributed by atoms with Gasteiger partial charge in [0.2, 0.25) is 0 Å². The molecule has 2 N–H and O–H groups in total. The molecule has 2 aromatic heterocycles. The fourth-order valence-corrected chi connectivity index (χ4v) is 3.16. The summed E-state index contributed by atoms with van der Waals surface area (Å²) < 4.78 is 7.57. The lowest BCUT2D eigenvalue weighted by Crippen LogP contribution is -2.38. The number of guanidine groups is 1. The van der Waals surface area contributed by atoms with Crippen LogP contribution >= 0.6 is 35.7 Å². The number of furan rings is 1. The van der Waals surface area contributed by atoms with E-state index in [0.29, 0.717) is 5.92 Å². The van der Waals surface area contributed by atoms with Crippen molar-refractivity contribution >= 4 is 41.7 Å². The number of rotatable bonds is 10. The minimum atomic E-state index is 0. The fourth-order valence-electron chi connectivity index (χ4n) is 2.64. The number of hydrogen-bond donors (Lipinski definition) is 2. The number of hydrogen-bond acceptors (Lipinski definition) is 5. The van der Waals surface area contributed by atoms with Crippen LogP contribution in [0.4, 0.5) is 0 Å². The number of thioether (sulfide) groups is 1. The molecule has 0 saturated heterocycles. The molecule has 0 aliphatic heterocycles. The average molecular weight is 506 g/mol. The third-order valence-corrected chi connectivity index (χ3v) is 4.53. The molecule has 0 unspecified atom stereocenters. The molecule has 0 aliphatic carbocycles. The van der Waals surface area contributed by atoms with Gasteiger partial charge in [-0.15, -0.1) is 34.2 Å². The van der Waals surface area contributed by atoms with Gasteiger partial charge in [-0.25, -0.2) is 0 Å². The van der Waals surface area contributed by atoms with E-state index in [4.69, 9.17) is 4.42 Å². The van der Waals surface area contributed by atoms with E-state index in [2.05, 4.69) is 44.2 Å². The zero-order chi connectivity index (χ0) is 18.8. The Morgan fingerprint density at radius 3 is 2.67 bits per heavy atom. The van der Waals surface area contributed by atoms with Gasteiger partial charge in [0.15, 0.2) is 11.1 Å². The van der Waals surface area contributed by atoms with Gasteiger partial charge in [0.05, 0.1) is 6.26 Å². The predicted octanol–water partition coefficient (Wildman–Crippen LogP) is 3.21. The lowest BCUT2D eigenvalue weighted by molar-refractivity contribution is 0.477. The van der Waals surface area contributed by atoms with Crippen LogP contribution in [0.2, 0.25) is 0 Å². The van der Waals surface area contributed by atoms with Crippen LogP contribution < -0.4 is 10.6 Å². The van der Waals surface area contributed by atoms with Gasteiger partial charge in [-0.1, -0.05) is 25.6 Å². The third-order valence-electron chi connectivity index (χ3n) is 3.86. The molecule has 0 radical (unpaired) electrons. The summed E-state index contributed by atoms with van der Waals surface area (Å²) in [4.78, 5) is 4.25. The Balaban J connectivity index is 0.00000364. The Labute approximate surface area is 183 Å². The smallest absolute Gasteiger partial charge is 0.190 e. The SMILES string of the molecule is CN=C(NCCCc1nnc(SC)n1CC(C)C)NCCc1ccco1.I. The lowest BCUT2D eigenvalue weighted by atomic mass is 10.2. The Morgan fingerprint density at radius 2 is 2.04 bits per heavy atom. The van der Waals surface area contributed by atoms with Crippen molar-refractivity contribution in [3.05, 3.63) is 30.0 Å². The van der Waals surface area contributed by atoms with Gasteiger partial charge >= 0.3 is 0 Å². The van der Waals surface area contributed by atoms with Crippen LogP contribution in [-0.4, -0.2) is 47.1 Å². The molecule has 9 heteroatoms. The van der Waals surface area contributed by atoms with E-state index >= 15 is 0 Å². The van der Waals surface area contributed by atoms with Crippen LogP contribution in [0.5, 0.6) is 0 Å². The minimum Gasteiger partial charge on any atom is -0.469 e. The largest absolute Gasteiger partial charge is 0.469 e. The summed E-state index contributed by atoms with van der Waals surface area (Å²) in [6.45, 7) is 7.01. The second kappa shape index (κ2) is 13.0.